The van der Waals surface area contributed by atoms with E-state index < -0.39 is 9.84 Å². The number of carbonyl (C=O) groups is 1. The van der Waals surface area contributed by atoms with Gasteiger partial charge in [0.05, 0.1) is 10.6 Å². The van der Waals surface area contributed by atoms with E-state index in [2.05, 4.69) is 5.32 Å². The monoisotopic (exact) mass is 408 g/mol. The highest BCUT2D eigenvalue weighted by atomic mass is 35.5. The van der Waals surface area contributed by atoms with Gasteiger partial charge in [-0.05, 0) is 55.5 Å². The zero-order valence-corrected chi connectivity index (χ0v) is 16.6. The molecule has 1 amide bonds. The predicted octanol–water partition coefficient (Wildman–Crippen LogP) is 3.08. The van der Waals surface area contributed by atoms with E-state index in [0.29, 0.717) is 5.56 Å². The van der Waals surface area contributed by atoms with E-state index in [9.17, 15) is 13.2 Å². The summed E-state index contributed by atoms with van der Waals surface area (Å²) in [4.78, 5) is 12.6. The lowest BCUT2D eigenvalue weighted by Crippen LogP contribution is -2.40. The zero-order valence-electron chi connectivity index (χ0n) is 15.0. The first-order valence-electron chi connectivity index (χ1n) is 8.87. The largest absolute Gasteiger partial charge is 0.349 e. The van der Waals surface area contributed by atoms with Crippen molar-refractivity contribution in [2.24, 2.45) is 5.73 Å². The van der Waals surface area contributed by atoms with Crippen molar-refractivity contribution in [1.29, 1.82) is 0 Å². The summed E-state index contributed by atoms with van der Waals surface area (Å²) in [6.45, 7) is 0. The molecule has 1 saturated carbocycles. The number of benzene rings is 2. The molecule has 0 unspecified atom stereocenters. The summed E-state index contributed by atoms with van der Waals surface area (Å²) >= 11 is 0. The second kappa shape index (κ2) is 9.35. The van der Waals surface area contributed by atoms with Crippen LogP contribution in [0.2, 0.25) is 0 Å². The zero-order chi connectivity index (χ0) is 18.6. The average molecular weight is 409 g/mol. The molecule has 0 heterocycles. The molecule has 0 bridgehead atoms. The third kappa shape index (κ3) is 5.79. The van der Waals surface area contributed by atoms with Crippen LogP contribution in [0, 0.1) is 0 Å². The molecule has 2 aromatic carbocycles. The Morgan fingerprint density at radius 3 is 2.15 bits per heavy atom. The van der Waals surface area contributed by atoms with E-state index >= 15 is 0 Å². The van der Waals surface area contributed by atoms with Gasteiger partial charge in [-0.25, -0.2) is 8.42 Å². The van der Waals surface area contributed by atoms with E-state index in [0.717, 1.165) is 31.2 Å². The average Bonchev–Trinajstić information content (AvgIpc) is 2.64. The van der Waals surface area contributed by atoms with Crippen LogP contribution in [-0.2, 0) is 15.6 Å². The predicted molar refractivity (Wildman–Crippen MR) is 109 cm³/mol. The van der Waals surface area contributed by atoms with Gasteiger partial charge in [0, 0.05) is 17.6 Å². The van der Waals surface area contributed by atoms with E-state index in [1.807, 2.05) is 18.2 Å². The van der Waals surface area contributed by atoms with Gasteiger partial charge in [0.15, 0.2) is 9.84 Å². The smallest absolute Gasteiger partial charge is 0.251 e. The highest BCUT2D eigenvalue weighted by Gasteiger charge is 2.21. The summed E-state index contributed by atoms with van der Waals surface area (Å²) in [5, 5.41) is 3.01. The number of amides is 1. The molecule has 0 aromatic heterocycles. The molecule has 7 heteroatoms. The van der Waals surface area contributed by atoms with Gasteiger partial charge < -0.3 is 11.1 Å². The number of halogens is 1. The minimum absolute atomic E-state index is 0. The van der Waals surface area contributed by atoms with Gasteiger partial charge in [-0.15, -0.1) is 12.4 Å². The molecule has 1 aliphatic carbocycles. The van der Waals surface area contributed by atoms with Crippen molar-refractivity contribution in [1.82, 2.24) is 5.32 Å². The normalized spacial score (nSPS) is 19.7. The van der Waals surface area contributed by atoms with Crippen molar-refractivity contribution >= 4 is 28.2 Å². The fourth-order valence-corrected chi connectivity index (χ4v) is 4.57. The Kier molecular flexibility index (Phi) is 7.41. The second-order valence-corrected chi connectivity index (χ2v) is 8.84. The maximum atomic E-state index is 12.5. The van der Waals surface area contributed by atoms with Gasteiger partial charge >= 0.3 is 0 Å². The highest BCUT2D eigenvalue weighted by Crippen LogP contribution is 2.19. The number of carbonyl (C=O) groups excluding carboxylic acids is 1. The molecule has 0 radical (unpaired) electrons. The van der Waals surface area contributed by atoms with Crippen LogP contribution < -0.4 is 11.1 Å². The first-order chi connectivity index (χ1) is 12.4. The van der Waals surface area contributed by atoms with Crippen molar-refractivity contribution in [2.45, 2.75) is 48.4 Å². The second-order valence-electron chi connectivity index (χ2n) is 6.85. The Bertz CT molecular complexity index is 847. The molecule has 2 aromatic rings. The van der Waals surface area contributed by atoms with Crippen LogP contribution in [0.15, 0.2) is 59.5 Å². The summed E-state index contributed by atoms with van der Waals surface area (Å²) < 4.78 is 25.0. The lowest BCUT2D eigenvalue weighted by atomic mass is 9.91. The third-order valence-corrected chi connectivity index (χ3v) is 6.49. The highest BCUT2D eigenvalue weighted by molar-refractivity contribution is 7.90. The number of nitrogens with two attached hydrogens (primary N) is 1. The lowest BCUT2D eigenvalue weighted by Gasteiger charge is -2.26. The van der Waals surface area contributed by atoms with Crippen LogP contribution in [0.3, 0.4) is 0 Å². The van der Waals surface area contributed by atoms with Gasteiger partial charge in [0.2, 0.25) is 0 Å². The van der Waals surface area contributed by atoms with Crippen molar-refractivity contribution in [3.8, 4) is 0 Å². The molecule has 0 saturated heterocycles. The van der Waals surface area contributed by atoms with Crippen LogP contribution in [0.1, 0.15) is 41.6 Å². The molecule has 1 fully saturated rings. The first kappa shape index (κ1) is 21.4. The molecule has 146 valence electrons. The molecule has 1 aliphatic rings. The summed E-state index contributed by atoms with van der Waals surface area (Å²) in [5.74, 6) is -0.223. The quantitative estimate of drug-likeness (QED) is 0.795. The topological polar surface area (TPSA) is 89.3 Å². The fourth-order valence-electron chi connectivity index (χ4n) is 3.22. The molecule has 3 rings (SSSR count). The van der Waals surface area contributed by atoms with Gasteiger partial charge in [-0.2, -0.15) is 0 Å². The Labute approximate surface area is 166 Å². The molecular weight excluding hydrogens is 384 g/mol. The molecule has 5 nitrogen and oxygen atoms in total. The van der Waals surface area contributed by atoms with Crippen molar-refractivity contribution < 1.29 is 13.2 Å². The summed E-state index contributed by atoms with van der Waals surface area (Å²) in [6, 6.07) is 15.6. The van der Waals surface area contributed by atoms with E-state index in [1.165, 1.54) is 12.1 Å². The minimum Gasteiger partial charge on any atom is -0.349 e. The molecule has 27 heavy (non-hydrogen) atoms. The summed E-state index contributed by atoms with van der Waals surface area (Å²) in [5.41, 5.74) is 7.09. The van der Waals surface area contributed by atoms with E-state index in [-0.39, 0.29) is 41.0 Å². The van der Waals surface area contributed by atoms with Crippen LogP contribution in [0.4, 0.5) is 0 Å². The van der Waals surface area contributed by atoms with Crippen LogP contribution in [0.25, 0.3) is 0 Å². The summed E-state index contributed by atoms with van der Waals surface area (Å²) in [6.07, 6.45) is 3.61. The Morgan fingerprint density at radius 1 is 0.963 bits per heavy atom. The number of hydrogen-bond donors (Lipinski definition) is 2. The molecule has 0 atom stereocenters. The van der Waals surface area contributed by atoms with Crippen LogP contribution >= 0.6 is 12.4 Å². The number of sulfone groups is 1. The number of rotatable bonds is 5. The summed E-state index contributed by atoms with van der Waals surface area (Å²) in [7, 11) is -3.43. The van der Waals surface area contributed by atoms with Crippen molar-refractivity contribution in [3.05, 3.63) is 65.7 Å². The molecule has 0 aliphatic heterocycles. The Balaban J connectivity index is 0.00000261. The van der Waals surface area contributed by atoms with Crippen molar-refractivity contribution in [3.63, 3.8) is 0 Å². The first-order valence-corrected chi connectivity index (χ1v) is 10.5. The van der Waals surface area contributed by atoms with Crippen LogP contribution in [-0.4, -0.2) is 26.4 Å². The third-order valence-electron chi connectivity index (χ3n) is 4.78. The van der Waals surface area contributed by atoms with Crippen LogP contribution in [0.5, 0.6) is 0 Å². The maximum Gasteiger partial charge on any atom is 0.251 e. The molecule has 0 spiro atoms. The van der Waals surface area contributed by atoms with Gasteiger partial charge in [0.1, 0.15) is 0 Å². The van der Waals surface area contributed by atoms with Gasteiger partial charge in [-0.3, -0.25) is 4.79 Å². The SMILES string of the molecule is Cl.NC1CCC(NC(=O)c2ccc(S(=O)(=O)Cc3ccccc3)cc2)CC1. The van der Waals surface area contributed by atoms with E-state index in [4.69, 9.17) is 5.73 Å². The van der Waals surface area contributed by atoms with Gasteiger partial charge in [-0.1, -0.05) is 30.3 Å². The lowest BCUT2D eigenvalue weighted by molar-refractivity contribution is 0.0926. The minimum atomic E-state index is -3.43. The van der Waals surface area contributed by atoms with E-state index in [1.54, 1.807) is 24.3 Å². The van der Waals surface area contributed by atoms with Crippen molar-refractivity contribution in [2.75, 3.05) is 0 Å². The fraction of sp³-hybridized carbons (Fsp3) is 0.350. The standard InChI is InChI=1S/C20H24N2O3S.ClH/c21-17-8-10-18(11-9-17)22-20(23)16-6-12-19(13-7-16)26(24,25)14-15-4-2-1-3-5-15;/h1-7,12-13,17-18H,8-11,14,21H2,(H,22,23);1H. The molecule has 3 N–H and O–H groups in total. The molecular formula is C20H25ClN2O3S. The Hall–Kier alpha value is -1.89. The number of nitrogens with one attached hydrogen (secondary N) is 1. The Morgan fingerprint density at radius 2 is 1.56 bits per heavy atom. The number of hydrogen-bond acceptors (Lipinski definition) is 4. The maximum absolute atomic E-state index is 12.5. The van der Waals surface area contributed by atoms with Gasteiger partial charge in [0.25, 0.3) is 5.91 Å².